The van der Waals surface area contributed by atoms with Gasteiger partial charge in [0.2, 0.25) is 0 Å². The average Bonchev–Trinajstić information content (AvgIpc) is 2.42. The molecular formula is C16H18FNO2. The van der Waals surface area contributed by atoms with Crippen LogP contribution in [0.25, 0.3) is 0 Å². The Bertz CT molecular complexity index is 567. The number of benzene rings is 2. The van der Waals surface area contributed by atoms with Gasteiger partial charge in [-0.2, -0.15) is 0 Å². The molecule has 0 fully saturated rings. The topological polar surface area (TPSA) is 55.5 Å². The van der Waals surface area contributed by atoms with Gasteiger partial charge in [0.15, 0.2) is 0 Å². The van der Waals surface area contributed by atoms with Gasteiger partial charge in [-0.05, 0) is 50.2 Å². The Morgan fingerprint density at radius 2 is 1.80 bits per heavy atom. The molecule has 20 heavy (non-hydrogen) atoms. The number of hydrogen-bond acceptors (Lipinski definition) is 3. The first-order valence-electron chi connectivity index (χ1n) is 6.48. The van der Waals surface area contributed by atoms with Crippen LogP contribution in [0, 0.1) is 5.82 Å². The van der Waals surface area contributed by atoms with Crippen molar-refractivity contribution in [3.05, 3.63) is 59.9 Å². The van der Waals surface area contributed by atoms with E-state index in [2.05, 4.69) is 0 Å². The minimum Gasteiger partial charge on any atom is -0.457 e. The quantitative estimate of drug-likeness (QED) is 0.881. The van der Waals surface area contributed by atoms with E-state index in [4.69, 9.17) is 10.5 Å². The highest BCUT2D eigenvalue weighted by atomic mass is 19.1. The van der Waals surface area contributed by atoms with Crippen LogP contribution >= 0.6 is 0 Å². The van der Waals surface area contributed by atoms with Gasteiger partial charge >= 0.3 is 0 Å². The Balaban J connectivity index is 2.30. The van der Waals surface area contributed by atoms with Crippen molar-refractivity contribution >= 4 is 0 Å². The highest BCUT2D eigenvalue weighted by Gasteiger charge is 2.25. The van der Waals surface area contributed by atoms with Crippen LogP contribution in [0.2, 0.25) is 0 Å². The molecule has 2 rings (SSSR count). The summed E-state index contributed by atoms with van der Waals surface area (Å²) in [6.07, 6.45) is 0.427. The number of para-hydroxylation sites is 1. The molecule has 4 heteroatoms. The number of aliphatic hydroxyl groups is 1. The molecule has 0 heterocycles. The van der Waals surface area contributed by atoms with Crippen molar-refractivity contribution in [2.45, 2.75) is 18.9 Å². The van der Waals surface area contributed by atoms with Gasteiger partial charge in [0.1, 0.15) is 17.3 Å². The fourth-order valence-corrected chi connectivity index (χ4v) is 2.05. The van der Waals surface area contributed by atoms with Crippen molar-refractivity contribution < 1.29 is 14.2 Å². The van der Waals surface area contributed by atoms with Gasteiger partial charge in [-0.25, -0.2) is 4.39 Å². The molecule has 0 bridgehead atoms. The van der Waals surface area contributed by atoms with Crippen LogP contribution in [0.4, 0.5) is 4.39 Å². The largest absolute Gasteiger partial charge is 0.457 e. The van der Waals surface area contributed by atoms with Crippen molar-refractivity contribution in [3.8, 4) is 11.5 Å². The van der Waals surface area contributed by atoms with Crippen molar-refractivity contribution in [3.63, 3.8) is 0 Å². The fourth-order valence-electron chi connectivity index (χ4n) is 2.05. The lowest BCUT2D eigenvalue weighted by molar-refractivity contribution is 0.0484. The standard InChI is InChI=1S/C16H18FNO2/c1-16(19,10-11-18)14-4-2-3-5-15(14)20-13-8-6-12(17)7-9-13/h2-9,19H,10-11,18H2,1H3. The van der Waals surface area contributed by atoms with Gasteiger partial charge in [-0.1, -0.05) is 18.2 Å². The van der Waals surface area contributed by atoms with Gasteiger partial charge < -0.3 is 15.6 Å². The molecule has 3 N–H and O–H groups in total. The molecule has 0 saturated carbocycles. The lowest BCUT2D eigenvalue weighted by Crippen LogP contribution is -2.25. The van der Waals surface area contributed by atoms with E-state index in [1.807, 2.05) is 12.1 Å². The van der Waals surface area contributed by atoms with E-state index in [0.29, 0.717) is 30.0 Å². The van der Waals surface area contributed by atoms with Crippen LogP contribution in [0.3, 0.4) is 0 Å². The number of hydrogen-bond donors (Lipinski definition) is 2. The molecule has 3 nitrogen and oxygen atoms in total. The third kappa shape index (κ3) is 3.35. The number of rotatable bonds is 5. The second kappa shape index (κ2) is 6.03. The maximum atomic E-state index is 12.9. The summed E-state index contributed by atoms with van der Waals surface area (Å²) in [4.78, 5) is 0. The van der Waals surface area contributed by atoms with Crippen molar-refractivity contribution in [1.82, 2.24) is 0 Å². The summed E-state index contributed by atoms with van der Waals surface area (Å²) in [5.41, 5.74) is 5.13. The summed E-state index contributed by atoms with van der Waals surface area (Å²) >= 11 is 0. The first-order valence-corrected chi connectivity index (χ1v) is 6.48. The fraction of sp³-hybridized carbons (Fsp3) is 0.250. The molecular weight excluding hydrogens is 257 g/mol. The summed E-state index contributed by atoms with van der Waals surface area (Å²) in [7, 11) is 0. The molecule has 0 saturated heterocycles. The summed E-state index contributed by atoms with van der Waals surface area (Å²) < 4.78 is 18.6. The van der Waals surface area contributed by atoms with Crippen LogP contribution in [0.15, 0.2) is 48.5 Å². The number of ether oxygens (including phenoxy) is 1. The summed E-state index contributed by atoms with van der Waals surface area (Å²) in [6, 6.07) is 13.0. The molecule has 1 unspecified atom stereocenters. The molecule has 0 spiro atoms. The lowest BCUT2D eigenvalue weighted by atomic mass is 9.92. The molecule has 2 aromatic carbocycles. The minimum absolute atomic E-state index is 0.319. The maximum Gasteiger partial charge on any atom is 0.133 e. The Kier molecular flexibility index (Phi) is 4.37. The van der Waals surface area contributed by atoms with E-state index in [0.717, 1.165) is 0 Å². The Morgan fingerprint density at radius 1 is 1.15 bits per heavy atom. The van der Waals surface area contributed by atoms with E-state index in [1.165, 1.54) is 12.1 Å². The SMILES string of the molecule is CC(O)(CCN)c1ccccc1Oc1ccc(F)cc1. The van der Waals surface area contributed by atoms with Gasteiger partial charge in [-0.3, -0.25) is 0 Å². The van der Waals surface area contributed by atoms with E-state index >= 15 is 0 Å². The van der Waals surface area contributed by atoms with Crippen molar-refractivity contribution in [2.75, 3.05) is 6.54 Å². The number of nitrogens with two attached hydrogens (primary N) is 1. The zero-order valence-corrected chi connectivity index (χ0v) is 11.3. The van der Waals surface area contributed by atoms with Crippen LogP contribution in [-0.2, 0) is 5.60 Å². The third-order valence-corrected chi connectivity index (χ3v) is 3.14. The average molecular weight is 275 g/mol. The van der Waals surface area contributed by atoms with Crippen LogP contribution in [0.1, 0.15) is 18.9 Å². The van der Waals surface area contributed by atoms with E-state index in [-0.39, 0.29) is 5.82 Å². The predicted octanol–water partition coefficient (Wildman–Crippen LogP) is 3.17. The molecule has 0 radical (unpaired) electrons. The molecule has 0 aromatic heterocycles. The normalized spacial score (nSPS) is 13.8. The second-order valence-electron chi connectivity index (χ2n) is 4.86. The highest BCUT2D eigenvalue weighted by Crippen LogP contribution is 2.34. The van der Waals surface area contributed by atoms with Crippen LogP contribution in [0.5, 0.6) is 11.5 Å². The van der Waals surface area contributed by atoms with E-state index < -0.39 is 5.60 Å². The minimum atomic E-state index is -1.06. The summed E-state index contributed by atoms with van der Waals surface area (Å²) in [5.74, 6) is 0.737. The Morgan fingerprint density at radius 3 is 2.45 bits per heavy atom. The zero-order chi connectivity index (χ0) is 14.6. The van der Waals surface area contributed by atoms with E-state index in [9.17, 15) is 9.50 Å². The first kappa shape index (κ1) is 14.5. The Hall–Kier alpha value is -1.91. The number of halogens is 1. The lowest BCUT2D eigenvalue weighted by Gasteiger charge is -2.25. The van der Waals surface area contributed by atoms with Crippen LogP contribution in [-0.4, -0.2) is 11.7 Å². The first-order chi connectivity index (χ1) is 9.53. The zero-order valence-electron chi connectivity index (χ0n) is 11.3. The molecule has 0 aliphatic carbocycles. The molecule has 0 aliphatic heterocycles. The van der Waals surface area contributed by atoms with E-state index in [1.54, 1.807) is 31.2 Å². The van der Waals surface area contributed by atoms with Crippen molar-refractivity contribution in [1.29, 1.82) is 0 Å². The monoisotopic (exact) mass is 275 g/mol. The smallest absolute Gasteiger partial charge is 0.133 e. The highest BCUT2D eigenvalue weighted by molar-refractivity contribution is 5.41. The summed E-state index contributed by atoms with van der Waals surface area (Å²) in [6.45, 7) is 2.07. The maximum absolute atomic E-state index is 12.9. The van der Waals surface area contributed by atoms with Gasteiger partial charge in [0.25, 0.3) is 0 Å². The van der Waals surface area contributed by atoms with Gasteiger partial charge in [0, 0.05) is 5.56 Å². The van der Waals surface area contributed by atoms with Gasteiger partial charge in [0.05, 0.1) is 5.60 Å². The molecule has 0 amide bonds. The predicted molar refractivity (Wildman–Crippen MR) is 76.2 cm³/mol. The van der Waals surface area contributed by atoms with Crippen LogP contribution < -0.4 is 10.5 Å². The second-order valence-corrected chi connectivity index (χ2v) is 4.86. The Labute approximate surface area is 117 Å². The molecule has 2 aromatic rings. The molecule has 106 valence electrons. The summed E-state index contributed by atoms with van der Waals surface area (Å²) in [5, 5.41) is 10.5. The molecule has 1 atom stereocenters. The van der Waals surface area contributed by atoms with Gasteiger partial charge in [-0.15, -0.1) is 0 Å². The van der Waals surface area contributed by atoms with Crippen molar-refractivity contribution in [2.24, 2.45) is 5.73 Å². The molecule has 0 aliphatic rings. The third-order valence-electron chi connectivity index (χ3n) is 3.14.